The smallest absolute Gasteiger partial charge is 0.220 e. The minimum Gasteiger partial charge on any atom is -0.494 e. The molecule has 0 aliphatic heterocycles. The van der Waals surface area contributed by atoms with E-state index in [-0.39, 0.29) is 5.91 Å². The van der Waals surface area contributed by atoms with E-state index in [0.717, 1.165) is 35.5 Å². The number of nitrogens with two attached hydrogens (primary N) is 1. The van der Waals surface area contributed by atoms with Crippen LogP contribution in [-0.2, 0) is 17.8 Å². The highest BCUT2D eigenvalue weighted by Crippen LogP contribution is 2.14. The number of nitrogens with zero attached hydrogens (tertiary/aromatic N) is 1. The molecule has 0 bridgehead atoms. The quantitative estimate of drug-likeness (QED) is 0.508. The summed E-state index contributed by atoms with van der Waals surface area (Å²) in [6.45, 7) is 2.24. The van der Waals surface area contributed by atoms with Crippen molar-refractivity contribution in [2.45, 2.75) is 25.8 Å². The molecule has 3 N–H and O–H groups in total. The molecule has 2 rings (SSSR count). The highest BCUT2D eigenvalue weighted by atomic mass is 16.5. The molecule has 0 unspecified atom stereocenters. The zero-order valence-electron chi connectivity index (χ0n) is 15.7. The number of benzene rings is 2. The van der Waals surface area contributed by atoms with E-state index in [1.807, 2.05) is 48.5 Å². The van der Waals surface area contributed by atoms with Gasteiger partial charge >= 0.3 is 0 Å². The van der Waals surface area contributed by atoms with Gasteiger partial charge in [0.25, 0.3) is 0 Å². The summed E-state index contributed by atoms with van der Waals surface area (Å²) in [5.74, 6) is 0.885. The van der Waals surface area contributed by atoms with E-state index in [4.69, 9.17) is 10.5 Å². The van der Waals surface area contributed by atoms with Crippen LogP contribution in [0, 0.1) is 0 Å². The Balaban J connectivity index is 1.68. The molecule has 1 amide bonds. The summed E-state index contributed by atoms with van der Waals surface area (Å²) >= 11 is 0. The van der Waals surface area contributed by atoms with E-state index in [9.17, 15) is 4.79 Å². The van der Waals surface area contributed by atoms with Crippen LogP contribution < -0.4 is 15.8 Å². The third kappa shape index (κ3) is 7.15. The number of ether oxygens (including phenoxy) is 1. The van der Waals surface area contributed by atoms with Crippen LogP contribution in [0.1, 0.15) is 24.0 Å². The van der Waals surface area contributed by atoms with Gasteiger partial charge in [0.2, 0.25) is 5.91 Å². The maximum absolute atomic E-state index is 12.0. The average molecular weight is 355 g/mol. The van der Waals surface area contributed by atoms with Crippen molar-refractivity contribution in [3.8, 4) is 5.75 Å². The number of anilines is 1. The largest absolute Gasteiger partial charge is 0.494 e. The summed E-state index contributed by atoms with van der Waals surface area (Å²) in [4.78, 5) is 14.2. The zero-order valence-corrected chi connectivity index (χ0v) is 15.7. The number of rotatable bonds is 10. The lowest BCUT2D eigenvalue weighted by Gasteiger charge is -2.11. The molecule has 0 fully saturated rings. The van der Waals surface area contributed by atoms with Gasteiger partial charge < -0.3 is 20.7 Å². The summed E-state index contributed by atoms with van der Waals surface area (Å²) in [6.07, 6.45) is 2.08. The molecule has 0 aliphatic rings. The third-order valence-electron chi connectivity index (χ3n) is 4.11. The number of hydrogen-bond donors (Lipinski definition) is 2. The van der Waals surface area contributed by atoms with Crippen LogP contribution in [0.3, 0.4) is 0 Å². The maximum atomic E-state index is 12.0. The van der Waals surface area contributed by atoms with Crippen molar-refractivity contribution in [3.05, 3.63) is 59.7 Å². The Morgan fingerprint density at radius 3 is 2.54 bits per heavy atom. The molecule has 0 radical (unpaired) electrons. The van der Waals surface area contributed by atoms with Crippen LogP contribution in [0.15, 0.2) is 48.5 Å². The summed E-state index contributed by atoms with van der Waals surface area (Å²) in [6, 6.07) is 15.5. The minimum absolute atomic E-state index is 0.0252. The molecule has 0 aromatic heterocycles. The predicted molar refractivity (Wildman–Crippen MR) is 106 cm³/mol. The van der Waals surface area contributed by atoms with E-state index in [0.29, 0.717) is 26.0 Å². The lowest BCUT2D eigenvalue weighted by molar-refractivity contribution is -0.121. The van der Waals surface area contributed by atoms with E-state index in [1.165, 1.54) is 0 Å². The minimum atomic E-state index is 0.0252. The number of hydrogen-bond acceptors (Lipinski definition) is 4. The molecule has 0 atom stereocenters. The lowest BCUT2D eigenvalue weighted by Crippen LogP contribution is -2.23. The van der Waals surface area contributed by atoms with Gasteiger partial charge in [0, 0.05) is 25.2 Å². The molecule has 0 aliphatic carbocycles. The number of carbonyl (C=O) groups is 1. The van der Waals surface area contributed by atoms with Crippen LogP contribution in [-0.4, -0.2) is 38.1 Å². The SMILES string of the molecule is CN(C)CCCOc1ccc(CNC(=O)CCc2ccccc2N)cc1. The molecule has 26 heavy (non-hydrogen) atoms. The second-order valence-electron chi connectivity index (χ2n) is 6.62. The molecule has 2 aromatic carbocycles. The fourth-order valence-electron chi connectivity index (χ4n) is 2.57. The molecule has 5 nitrogen and oxygen atoms in total. The van der Waals surface area contributed by atoms with E-state index < -0.39 is 0 Å². The van der Waals surface area contributed by atoms with Crippen molar-refractivity contribution >= 4 is 11.6 Å². The van der Waals surface area contributed by atoms with Gasteiger partial charge in [-0.25, -0.2) is 0 Å². The summed E-state index contributed by atoms with van der Waals surface area (Å²) < 4.78 is 5.71. The van der Waals surface area contributed by atoms with Gasteiger partial charge in [-0.1, -0.05) is 30.3 Å². The van der Waals surface area contributed by atoms with Crippen LogP contribution in [0.5, 0.6) is 5.75 Å². The number of amides is 1. The van der Waals surface area contributed by atoms with Crippen LogP contribution >= 0.6 is 0 Å². The van der Waals surface area contributed by atoms with Gasteiger partial charge in [-0.3, -0.25) is 4.79 Å². The monoisotopic (exact) mass is 355 g/mol. The van der Waals surface area contributed by atoms with E-state index >= 15 is 0 Å². The Morgan fingerprint density at radius 2 is 1.85 bits per heavy atom. The molecule has 2 aromatic rings. The van der Waals surface area contributed by atoms with Gasteiger partial charge in [0.15, 0.2) is 0 Å². The molecular weight excluding hydrogens is 326 g/mol. The Kier molecular flexibility index (Phi) is 7.96. The standard InChI is InChI=1S/C21H29N3O2/c1-24(2)14-5-15-26-19-11-8-17(9-12-19)16-23-21(25)13-10-18-6-3-4-7-20(18)22/h3-4,6-9,11-12H,5,10,13-16,22H2,1-2H3,(H,23,25). The van der Waals surface area contributed by atoms with Crippen molar-refractivity contribution in [2.75, 3.05) is 33.0 Å². The van der Waals surface area contributed by atoms with Gasteiger partial charge in [-0.05, 0) is 56.3 Å². The number of carbonyl (C=O) groups excluding carboxylic acids is 1. The molecule has 140 valence electrons. The second kappa shape index (κ2) is 10.5. The first-order chi connectivity index (χ1) is 12.5. The number of para-hydroxylation sites is 1. The summed E-state index contributed by atoms with van der Waals surface area (Å²) in [5.41, 5.74) is 8.70. The molecule has 0 spiro atoms. The van der Waals surface area contributed by atoms with Crippen molar-refractivity contribution in [1.82, 2.24) is 10.2 Å². The molecule has 0 saturated heterocycles. The van der Waals surface area contributed by atoms with Crippen LogP contribution in [0.4, 0.5) is 5.69 Å². The van der Waals surface area contributed by atoms with Crippen molar-refractivity contribution in [3.63, 3.8) is 0 Å². The van der Waals surface area contributed by atoms with E-state index in [2.05, 4.69) is 24.3 Å². The average Bonchev–Trinajstić information content (AvgIpc) is 2.63. The number of nitrogens with one attached hydrogen (secondary N) is 1. The summed E-state index contributed by atoms with van der Waals surface area (Å²) in [5, 5.41) is 2.95. The highest BCUT2D eigenvalue weighted by Gasteiger charge is 2.05. The maximum Gasteiger partial charge on any atom is 0.220 e. The summed E-state index contributed by atoms with van der Waals surface area (Å²) in [7, 11) is 4.11. The molecule has 0 heterocycles. The second-order valence-corrected chi connectivity index (χ2v) is 6.62. The van der Waals surface area contributed by atoms with Gasteiger partial charge in [-0.2, -0.15) is 0 Å². The van der Waals surface area contributed by atoms with Crippen LogP contribution in [0.2, 0.25) is 0 Å². The van der Waals surface area contributed by atoms with Gasteiger partial charge in [-0.15, -0.1) is 0 Å². The molecule has 0 saturated carbocycles. The van der Waals surface area contributed by atoms with Crippen LogP contribution in [0.25, 0.3) is 0 Å². The Hall–Kier alpha value is -2.53. The van der Waals surface area contributed by atoms with Crippen molar-refractivity contribution < 1.29 is 9.53 Å². The zero-order chi connectivity index (χ0) is 18.8. The Morgan fingerprint density at radius 1 is 1.12 bits per heavy atom. The first-order valence-corrected chi connectivity index (χ1v) is 9.01. The van der Waals surface area contributed by atoms with Gasteiger partial charge in [0.05, 0.1) is 6.61 Å². The number of aryl methyl sites for hydroxylation is 1. The van der Waals surface area contributed by atoms with E-state index in [1.54, 1.807) is 0 Å². The fraction of sp³-hybridized carbons (Fsp3) is 0.381. The van der Waals surface area contributed by atoms with Crippen molar-refractivity contribution in [1.29, 1.82) is 0 Å². The predicted octanol–water partition coefficient (Wildman–Crippen LogP) is 2.85. The Labute approximate surface area is 156 Å². The topological polar surface area (TPSA) is 67.6 Å². The molecular formula is C21H29N3O2. The first-order valence-electron chi connectivity index (χ1n) is 9.01. The number of nitrogen functional groups attached to an aromatic ring is 1. The fourth-order valence-corrected chi connectivity index (χ4v) is 2.57. The third-order valence-corrected chi connectivity index (χ3v) is 4.11. The lowest BCUT2D eigenvalue weighted by atomic mass is 10.1. The Bertz CT molecular complexity index is 684. The molecule has 5 heteroatoms. The first kappa shape index (κ1) is 19.8. The van der Waals surface area contributed by atoms with Gasteiger partial charge in [0.1, 0.15) is 5.75 Å². The normalized spacial score (nSPS) is 10.7. The van der Waals surface area contributed by atoms with Crippen molar-refractivity contribution in [2.24, 2.45) is 0 Å². The highest BCUT2D eigenvalue weighted by molar-refractivity contribution is 5.76.